The number of carbonyl (C=O) groups is 3. The Morgan fingerprint density at radius 3 is 2.38 bits per heavy atom. The maximum Gasteiger partial charge on any atom is 0.264 e. The molecule has 1 aliphatic rings. The second-order valence-electron chi connectivity index (χ2n) is 6.35. The molecule has 0 spiro atoms. The first-order valence-electron chi connectivity index (χ1n) is 8.79. The standard InChI is InChI=1S/C20H16N4O4S/c1-12-6-2-5-9-15(12)28-11-16(25)21-20-23-22-17(29-20)10-24-18(26)13-7-3-4-8-14(13)19(24)27/h2-9H,10-11H2,1H3,(H,21,23,25). The van der Waals surface area contributed by atoms with E-state index in [2.05, 4.69) is 15.5 Å². The number of para-hydroxylation sites is 1. The zero-order chi connectivity index (χ0) is 20.4. The summed E-state index contributed by atoms with van der Waals surface area (Å²) in [7, 11) is 0. The molecule has 0 aliphatic carbocycles. The molecule has 4 rings (SSSR count). The van der Waals surface area contributed by atoms with Gasteiger partial charge in [0.05, 0.1) is 17.7 Å². The van der Waals surface area contributed by atoms with Gasteiger partial charge in [0.25, 0.3) is 17.7 Å². The van der Waals surface area contributed by atoms with Crippen LogP contribution in [0.4, 0.5) is 5.13 Å². The van der Waals surface area contributed by atoms with Gasteiger partial charge in [-0.1, -0.05) is 41.7 Å². The molecular weight excluding hydrogens is 392 g/mol. The van der Waals surface area contributed by atoms with E-state index < -0.39 is 0 Å². The molecule has 0 saturated carbocycles. The quantitative estimate of drug-likeness (QED) is 0.629. The number of hydrogen-bond acceptors (Lipinski definition) is 7. The number of aryl methyl sites for hydroxylation is 1. The maximum atomic E-state index is 12.4. The van der Waals surface area contributed by atoms with Gasteiger partial charge in [-0.05, 0) is 30.7 Å². The molecular formula is C20H16N4O4S. The summed E-state index contributed by atoms with van der Waals surface area (Å²) in [4.78, 5) is 38.0. The number of amides is 3. The lowest BCUT2D eigenvalue weighted by atomic mass is 10.1. The summed E-state index contributed by atoms with van der Waals surface area (Å²) in [5.74, 6) is -0.473. The zero-order valence-corrected chi connectivity index (χ0v) is 16.2. The fourth-order valence-electron chi connectivity index (χ4n) is 2.90. The second kappa shape index (κ2) is 7.80. The average molecular weight is 408 g/mol. The number of rotatable bonds is 6. The molecule has 0 radical (unpaired) electrons. The summed E-state index contributed by atoms with van der Waals surface area (Å²) in [6.45, 7) is 1.72. The van der Waals surface area contributed by atoms with E-state index in [4.69, 9.17) is 4.74 Å². The first kappa shape index (κ1) is 18.8. The number of benzene rings is 2. The maximum absolute atomic E-state index is 12.4. The monoisotopic (exact) mass is 408 g/mol. The number of aromatic nitrogens is 2. The summed E-state index contributed by atoms with van der Waals surface area (Å²) in [5.41, 5.74) is 1.69. The van der Waals surface area contributed by atoms with Crippen molar-refractivity contribution in [1.82, 2.24) is 15.1 Å². The van der Waals surface area contributed by atoms with Crippen molar-refractivity contribution in [2.75, 3.05) is 11.9 Å². The molecule has 2 aromatic carbocycles. The summed E-state index contributed by atoms with van der Waals surface area (Å²) in [6, 6.07) is 14.1. The molecule has 1 N–H and O–H groups in total. The van der Waals surface area contributed by atoms with Crippen LogP contribution in [0, 0.1) is 6.92 Å². The van der Waals surface area contributed by atoms with Gasteiger partial charge in [0, 0.05) is 0 Å². The molecule has 3 aromatic rings. The number of ether oxygens (including phenoxy) is 1. The fourth-order valence-corrected chi connectivity index (χ4v) is 3.65. The van der Waals surface area contributed by atoms with Crippen LogP contribution in [0.2, 0.25) is 0 Å². The van der Waals surface area contributed by atoms with Gasteiger partial charge in [-0.3, -0.25) is 24.6 Å². The number of fused-ring (bicyclic) bond motifs is 1. The molecule has 2 heterocycles. The number of anilines is 1. The van der Waals surface area contributed by atoms with Gasteiger partial charge in [0.15, 0.2) is 6.61 Å². The Morgan fingerprint density at radius 1 is 1.03 bits per heavy atom. The van der Waals surface area contributed by atoms with Crippen LogP contribution in [0.25, 0.3) is 0 Å². The van der Waals surface area contributed by atoms with E-state index in [0.717, 1.165) is 21.8 Å². The molecule has 9 heteroatoms. The van der Waals surface area contributed by atoms with Crippen LogP contribution in [0.1, 0.15) is 31.3 Å². The number of hydrogen-bond donors (Lipinski definition) is 1. The van der Waals surface area contributed by atoms with Crippen LogP contribution in [0.3, 0.4) is 0 Å². The van der Waals surface area contributed by atoms with E-state index in [0.29, 0.717) is 21.9 Å². The van der Waals surface area contributed by atoms with Crippen molar-refractivity contribution in [3.05, 3.63) is 70.2 Å². The van der Waals surface area contributed by atoms with E-state index in [1.807, 2.05) is 25.1 Å². The highest BCUT2D eigenvalue weighted by molar-refractivity contribution is 7.15. The van der Waals surface area contributed by atoms with Crippen LogP contribution in [-0.2, 0) is 11.3 Å². The van der Waals surface area contributed by atoms with Crippen LogP contribution in [-0.4, -0.2) is 39.4 Å². The van der Waals surface area contributed by atoms with Crippen molar-refractivity contribution in [2.24, 2.45) is 0 Å². The zero-order valence-electron chi connectivity index (χ0n) is 15.4. The number of imide groups is 1. The lowest BCUT2D eigenvalue weighted by Gasteiger charge is -2.10. The van der Waals surface area contributed by atoms with Crippen LogP contribution >= 0.6 is 11.3 Å². The summed E-state index contributed by atoms with van der Waals surface area (Å²) >= 11 is 1.10. The molecule has 8 nitrogen and oxygen atoms in total. The number of nitrogens with zero attached hydrogens (tertiary/aromatic N) is 3. The van der Waals surface area contributed by atoms with Gasteiger partial charge < -0.3 is 4.74 Å². The predicted molar refractivity (Wildman–Crippen MR) is 106 cm³/mol. The van der Waals surface area contributed by atoms with Gasteiger partial charge in [0.2, 0.25) is 5.13 Å². The summed E-state index contributed by atoms with van der Waals surface area (Å²) < 4.78 is 5.50. The molecule has 1 aliphatic heterocycles. The second-order valence-corrected chi connectivity index (χ2v) is 7.41. The largest absolute Gasteiger partial charge is 0.483 e. The van der Waals surface area contributed by atoms with Gasteiger partial charge in [-0.2, -0.15) is 0 Å². The minimum absolute atomic E-state index is 0.000403. The molecule has 3 amide bonds. The highest BCUT2D eigenvalue weighted by Gasteiger charge is 2.35. The Bertz CT molecular complexity index is 1080. The van der Waals surface area contributed by atoms with Crippen LogP contribution < -0.4 is 10.1 Å². The van der Waals surface area contributed by atoms with Crippen molar-refractivity contribution in [3.8, 4) is 5.75 Å². The molecule has 0 saturated heterocycles. The lowest BCUT2D eigenvalue weighted by Crippen LogP contribution is -2.29. The molecule has 0 unspecified atom stereocenters. The fraction of sp³-hybridized carbons (Fsp3) is 0.150. The minimum Gasteiger partial charge on any atom is -0.483 e. The molecule has 0 atom stereocenters. The van der Waals surface area contributed by atoms with E-state index in [1.54, 1.807) is 30.3 Å². The van der Waals surface area contributed by atoms with Crippen molar-refractivity contribution in [3.63, 3.8) is 0 Å². The number of carbonyl (C=O) groups excluding carboxylic acids is 3. The van der Waals surface area contributed by atoms with E-state index >= 15 is 0 Å². The Balaban J connectivity index is 1.36. The topological polar surface area (TPSA) is 101 Å². The van der Waals surface area contributed by atoms with Crippen molar-refractivity contribution < 1.29 is 19.1 Å². The third-order valence-corrected chi connectivity index (χ3v) is 5.16. The Kier molecular flexibility index (Phi) is 5.05. The molecule has 1 aromatic heterocycles. The van der Waals surface area contributed by atoms with Crippen molar-refractivity contribution in [2.45, 2.75) is 13.5 Å². The van der Waals surface area contributed by atoms with Crippen molar-refractivity contribution in [1.29, 1.82) is 0 Å². The highest BCUT2D eigenvalue weighted by Crippen LogP contribution is 2.26. The minimum atomic E-state index is -0.378. The van der Waals surface area contributed by atoms with Gasteiger partial charge in [-0.15, -0.1) is 10.2 Å². The SMILES string of the molecule is Cc1ccccc1OCC(=O)Nc1nnc(CN2C(=O)c3ccccc3C2=O)s1. The van der Waals surface area contributed by atoms with Gasteiger partial charge in [0.1, 0.15) is 10.8 Å². The highest BCUT2D eigenvalue weighted by atomic mass is 32.1. The normalized spacial score (nSPS) is 12.8. The third kappa shape index (κ3) is 3.85. The molecule has 0 fully saturated rings. The Hall–Kier alpha value is -3.59. The molecule has 29 heavy (non-hydrogen) atoms. The average Bonchev–Trinajstić information content (AvgIpc) is 3.26. The van der Waals surface area contributed by atoms with Crippen LogP contribution in [0.5, 0.6) is 5.75 Å². The van der Waals surface area contributed by atoms with E-state index in [-0.39, 0.29) is 36.0 Å². The van der Waals surface area contributed by atoms with Gasteiger partial charge >= 0.3 is 0 Å². The van der Waals surface area contributed by atoms with Gasteiger partial charge in [-0.25, -0.2) is 0 Å². The van der Waals surface area contributed by atoms with Crippen LogP contribution in [0.15, 0.2) is 48.5 Å². The molecule has 146 valence electrons. The van der Waals surface area contributed by atoms with Crippen molar-refractivity contribution >= 4 is 34.2 Å². The third-order valence-electron chi connectivity index (χ3n) is 4.34. The molecule has 0 bridgehead atoms. The van der Waals surface area contributed by atoms with E-state index in [1.165, 1.54) is 0 Å². The summed E-state index contributed by atoms with van der Waals surface area (Å²) in [5, 5.41) is 11.2. The Morgan fingerprint density at radius 2 is 1.69 bits per heavy atom. The Labute approximate surface area is 170 Å². The first-order valence-corrected chi connectivity index (χ1v) is 9.60. The van der Waals surface area contributed by atoms with E-state index in [9.17, 15) is 14.4 Å². The lowest BCUT2D eigenvalue weighted by molar-refractivity contribution is -0.118. The first-order chi connectivity index (χ1) is 14.0. The summed E-state index contributed by atoms with van der Waals surface area (Å²) in [6.07, 6.45) is 0. The predicted octanol–water partition coefficient (Wildman–Crippen LogP) is 2.66. The number of nitrogens with one attached hydrogen (secondary N) is 1. The smallest absolute Gasteiger partial charge is 0.264 e.